The number of nitrogens with zero attached hydrogens (tertiary/aromatic N) is 1. The molecule has 6 nitrogen and oxygen atoms in total. The monoisotopic (exact) mass is 305 g/mol. The molecule has 0 bridgehead atoms. The van der Waals surface area contributed by atoms with Crippen molar-refractivity contribution in [2.24, 2.45) is 5.84 Å². The molecule has 2 heterocycles. The summed E-state index contributed by atoms with van der Waals surface area (Å²) in [5.74, 6) is 7.16. The average molecular weight is 305 g/mol. The van der Waals surface area contributed by atoms with E-state index in [-0.39, 0.29) is 18.6 Å². The van der Waals surface area contributed by atoms with Crippen LogP contribution in [0.1, 0.15) is 25.5 Å². The van der Waals surface area contributed by atoms with Gasteiger partial charge in [-0.25, -0.2) is 5.84 Å². The number of fused-ring (bicyclic) bond motifs is 1. The fourth-order valence-corrected chi connectivity index (χ4v) is 2.81. The topological polar surface area (TPSA) is 76.8 Å². The van der Waals surface area contributed by atoms with Crippen molar-refractivity contribution in [1.29, 1.82) is 0 Å². The Labute approximate surface area is 127 Å². The summed E-state index contributed by atoms with van der Waals surface area (Å²) in [5, 5.41) is 4.78. The van der Waals surface area contributed by atoms with Crippen LogP contribution in [0.2, 0.25) is 0 Å². The van der Waals surface area contributed by atoms with Gasteiger partial charge in [-0.15, -0.1) is 0 Å². The molecule has 0 aromatic heterocycles. The highest BCUT2D eigenvalue weighted by molar-refractivity contribution is 7.80. The fourth-order valence-electron chi connectivity index (χ4n) is 2.56. The summed E-state index contributed by atoms with van der Waals surface area (Å²) in [4.78, 5) is 12.0. The SMILES string of the molecule is CC(=O)C1=C(C)N(N)C(=S)N[C@@H]1c1ccc2c(c1)OCO2. The third-order valence-electron chi connectivity index (χ3n) is 3.64. The zero-order valence-electron chi connectivity index (χ0n) is 11.7. The zero-order valence-corrected chi connectivity index (χ0v) is 12.5. The van der Waals surface area contributed by atoms with E-state index in [0.717, 1.165) is 5.56 Å². The number of hydrogen-bond donors (Lipinski definition) is 2. The van der Waals surface area contributed by atoms with Crippen LogP contribution < -0.4 is 20.6 Å². The maximum atomic E-state index is 12.0. The Morgan fingerprint density at radius 3 is 2.86 bits per heavy atom. The van der Waals surface area contributed by atoms with Crippen LogP contribution in [0.25, 0.3) is 0 Å². The molecule has 0 saturated heterocycles. The van der Waals surface area contributed by atoms with E-state index in [4.69, 9.17) is 27.5 Å². The quantitative estimate of drug-likeness (QED) is 0.631. The van der Waals surface area contributed by atoms with Crippen LogP contribution in [0.4, 0.5) is 0 Å². The standard InChI is InChI=1S/C14H15N3O3S/c1-7-12(8(2)18)13(16-14(21)17(7)15)9-3-4-10-11(5-9)20-6-19-10/h3-5,13H,6,15H2,1-2H3,(H,16,21)/t13-/m1/s1. The molecule has 21 heavy (non-hydrogen) atoms. The minimum Gasteiger partial charge on any atom is -0.454 e. The maximum Gasteiger partial charge on any atom is 0.231 e. The van der Waals surface area contributed by atoms with Crippen LogP contribution in [-0.4, -0.2) is 22.7 Å². The number of rotatable bonds is 2. The second kappa shape index (κ2) is 5.01. The number of ether oxygens (including phenoxy) is 2. The van der Waals surface area contributed by atoms with Crippen LogP contribution in [0.3, 0.4) is 0 Å². The zero-order chi connectivity index (χ0) is 15.1. The predicted molar refractivity (Wildman–Crippen MR) is 80.4 cm³/mol. The summed E-state index contributed by atoms with van der Waals surface area (Å²) in [6.07, 6.45) is 0. The van der Waals surface area contributed by atoms with Crippen LogP contribution in [-0.2, 0) is 4.79 Å². The molecule has 0 unspecified atom stereocenters. The first-order valence-electron chi connectivity index (χ1n) is 6.45. The number of hydrogen-bond acceptors (Lipinski definition) is 5. The second-order valence-corrected chi connectivity index (χ2v) is 5.31. The van der Waals surface area contributed by atoms with Gasteiger partial charge in [-0.2, -0.15) is 0 Å². The average Bonchev–Trinajstić information content (AvgIpc) is 2.91. The second-order valence-electron chi connectivity index (χ2n) is 4.92. The molecular weight excluding hydrogens is 290 g/mol. The molecule has 1 aromatic carbocycles. The molecule has 1 atom stereocenters. The number of carbonyl (C=O) groups excluding carboxylic acids is 1. The van der Waals surface area contributed by atoms with Gasteiger partial charge in [0.05, 0.1) is 6.04 Å². The van der Waals surface area contributed by atoms with Crippen molar-refractivity contribution in [3.05, 3.63) is 35.0 Å². The number of allylic oxidation sites excluding steroid dienone is 1. The van der Waals surface area contributed by atoms with Gasteiger partial charge in [0.1, 0.15) is 0 Å². The highest BCUT2D eigenvalue weighted by Gasteiger charge is 2.31. The van der Waals surface area contributed by atoms with Crippen molar-refractivity contribution in [2.75, 3.05) is 6.79 Å². The summed E-state index contributed by atoms with van der Waals surface area (Å²) < 4.78 is 10.7. The van der Waals surface area contributed by atoms with Gasteiger partial charge in [0.25, 0.3) is 0 Å². The van der Waals surface area contributed by atoms with Gasteiger partial charge >= 0.3 is 0 Å². The third-order valence-corrected chi connectivity index (χ3v) is 3.95. The summed E-state index contributed by atoms with van der Waals surface area (Å²) in [7, 11) is 0. The highest BCUT2D eigenvalue weighted by atomic mass is 32.1. The molecule has 2 aliphatic heterocycles. The third kappa shape index (κ3) is 2.24. The first kappa shape index (κ1) is 13.8. The molecule has 3 rings (SSSR count). The molecule has 0 amide bonds. The molecule has 2 aliphatic rings. The van der Waals surface area contributed by atoms with E-state index in [1.807, 2.05) is 18.2 Å². The van der Waals surface area contributed by atoms with Crippen molar-refractivity contribution in [3.8, 4) is 11.5 Å². The molecule has 0 aliphatic carbocycles. The van der Waals surface area contributed by atoms with E-state index in [0.29, 0.717) is 27.9 Å². The Balaban J connectivity index is 2.07. The summed E-state index contributed by atoms with van der Waals surface area (Å²) in [6.45, 7) is 3.51. The lowest BCUT2D eigenvalue weighted by molar-refractivity contribution is -0.114. The molecule has 3 N–H and O–H groups in total. The number of hydrazine groups is 1. The Morgan fingerprint density at radius 1 is 1.43 bits per heavy atom. The number of thiocarbonyl (C=S) groups is 1. The predicted octanol–water partition coefficient (Wildman–Crippen LogP) is 1.38. The first-order chi connectivity index (χ1) is 9.99. The summed E-state index contributed by atoms with van der Waals surface area (Å²) >= 11 is 5.21. The number of carbonyl (C=O) groups is 1. The van der Waals surface area contributed by atoms with E-state index in [9.17, 15) is 4.79 Å². The Hall–Kier alpha value is -2.12. The van der Waals surface area contributed by atoms with Crippen molar-refractivity contribution in [1.82, 2.24) is 10.3 Å². The molecular formula is C14H15N3O3S. The number of nitrogens with two attached hydrogens (primary N) is 1. The first-order valence-corrected chi connectivity index (χ1v) is 6.86. The summed E-state index contributed by atoms with van der Waals surface area (Å²) in [6, 6.07) is 5.22. The Bertz CT molecular complexity index is 671. The highest BCUT2D eigenvalue weighted by Crippen LogP contribution is 2.37. The van der Waals surface area contributed by atoms with Crippen LogP contribution in [0.5, 0.6) is 11.5 Å². The molecule has 0 radical (unpaired) electrons. The van der Waals surface area contributed by atoms with Crippen molar-refractivity contribution in [2.45, 2.75) is 19.9 Å². The van der Waals surface area contributed by atoms with Gasteiger partial charge in [0, 0.05) is 11.3 Å². The molecule has 110 valence electrons. The Kier molecular flexibility index (Phi) is 3.30. The van der Waals surface area contributed by atoms with Gasteiger partial charge in [-0.05, 0) is 43.8 Å². The van der Waals surface area contributed by atoms with Crippen LogP contribution in [0, 0.1) is 0 Å². The largest absolute Gasteiger partial charge is 0.454 e. The van der Waals surface area contributed by atoms with Gasteiger partial charge in [0.15, 0.2) is 22.4 Å². The lowest BCUT2D eigenvalue weighted by Gasteiger charge is -2.34. The van der Waals surface area contributed by atoms with Gasteiger partial charge in [-0.3, -0.25) is 9.80 Å². The van der Waals surface area contributed by atoms with Crippen molar-refractivity contribution >= 4 is 23.1 Å². The molecule has 0 spiro atoms. The van der Waals surface area contributed by atoms with Gasteiger partial charge in [-0.1, -0.05) is 6.07 Å². The maximum absolute atomic E-state index is 12.0. The van der Waals surface area contributed by atoms with Crippen molar-refractivity contribution < 1.29 is 14.3 Å². The number of ketones is 1. The molecule has 0 saturated carbocycles. The number of benzene rings is 1. The lowest BCUT2D eigenvalue weighted by atomic mass is 9.93. The van der Waals surface area contributed by atoms with E-state index in [1.54, 1.807) is 6.92 Å². The number of Topliss-reactive ketones (excluding diaryl/α,β-unsaturated/α-hetero) is 1. The van der Waals surface area contributed by atoms with Gasteiger partial charge < -0.3 is 14.8 Å². The molecule has 1 aromatic rings. The minimum atomic E-state index is -0.343. The molecule has 7 heteroatoms. The smallest absolute Gasteiger partial charge is 0.231 e. The molecule has 0 fully saturated rings. The fraction of sp³-hybridized carbons (Fsp3) is 0.286. The van der Waals surface area contributed by atoms with E-state index >= 15 is 0 Å². The van der Waals surface area contributed by atoms with E-state index < -0.39 is 0 Å². The van der Waals surface area contributed by atoms with Crippen LogP contribution >= 0.6 is 12.2 Å². The summed E-state index contributed by atoms with van der Waals surface area (Å²) in [5.41, 5.74) is 2.11. The minimum absolute atomic E-state index is 0.0550. The van der Waals surface area contributed by atoms with Gasteiger partial charge in [0.2, 0.25) is 6.79 Å². The van der Waals surface area contributed by atoms with Crippen LogP contribution in [0.15, 0.2) is 29.5 Å². The van der Waals surface area contributed by atoms with Crippen molar-refractivity contribution in [3.63, 3.8) is 0 Å². The normalized spacial score (nSPS) is 20.6. The Morgan fingerprint density at radius 2 is 2.14 bits per heavy atom. The van der Waals surface area contributed by atoms with E-state index in [2.05, 4.69) is 5.32 Å². The lowest BCUT2D eigenvalue weighted by Crippen LogP contribution is -2.50. The number of nitrogens with one attached hydrogen (secondary N) is 1. The van der Waals surface area contributed by atoms with E-state index in [1.165, 1.54) is 11.9 Å².